The normalized spacial score (nSPS) is 10.5. The fraction of sp³-hybridized carbons (Fsp3) is 0.120. The van der Waals surface area contributed by atoms with E-state index >= 15 is 0 Å². The second kappa shape index (κ2) is 10.9. The first kappa shape index (κ1) is 24.1. The van der Waals surface area contributed by atoms with Crippen molar-refractivity contribution >= 4 is 17.5 Å². The number of allylic oxidation sites excluding steroid dienone is 1. The van der Waals surface area contributed by atoms with Crippen molar-refractivity contribution in [3.63, 3.8) is 0 Å². The van der Waals surface area contributed by atoms with Gasteiger partial charge in [-0.05, 0) is 49.2 Å². The number of methoxy groups -OCH3 is 1. The maximum Gasteiger partial charge on any atom is 0.274 e. The van der Waals surface area contributed by atoms with Crippen molar-refractivity contribution in [2.24, 2.45) is 0 Å². The Labute approximate surface area is 206 Å². The molecule has 182 valence electrons. The lowest BCUT2D eigenvalue weighted by atomic mass is 10.2. The van der Waals surface area contributed by atoms with Gasteiger partial charge in [0.15, 0.2) is 0 Å². The molecule has 36 heavy (non-hydrogen) atoms. The summed E-state index contributed by atoms with van der Waals surface area (Å²) in [6.07, 6.45) is 5.65. The number of amides is 2. The molecule has 11 heteroatoms. The zero-order valence-corrected chi connectivity index (χ0v) is 19.6. The SMILES string of the molecule is C=CC(=O)NC(=C)CCc1cn(-c2ccc(NC(=O)c3cccc(-c4ccn[nH]4)n3)c(OC)c2)nn1. The Morgan fingerprint density at radius 2 is 2.08 bits per heavy atom. The molecule has 3 N–H and O–H groups in total. The number of hydrogen-bond donors (Lipinski definition) is 3. The molecule has 0 atom stereocenters. The molecule has 0 aliphatic carbocycles. The third-order valence-electron chi connectivity index (χ3n) is 5.17. The lowest BCUT2D eigenvalue weighted by molar-refractivity contribution is -0.115. The summed E-state index contributed by atoms with van der Waals surface area (Å²) in [5.74, 6) is -0.235. The molecule has 4 rings (SSSR count). The Morgan fingerprint density at radius 1 is 1.22 bits per heavy atom. The number of carbonyl (C=O) groups is 2. The molecule has 3 heterocycles. The fourth-order valence-electron chi connectivity index (χ4n) is 3.33. The average Bonchev–Trinajstić information content (AvgIpc) is 3.60. The van der Waals surface area contributed by atoms with E-state index in [0.717, 1.165) is 5.69 Å². The smallest absolute Gasteiger partial charge is 0.274 e. The van der Waals surface area contributed by atoms with Gasteiger partial charge in [-0.2, -0.15) is 5.10 Å². The number of ether oxygens (including phenoxy) is 1. The minimum Gasteiger partial charge on any atom is -0.494 e. The van der Waals surface area contributed by atoms with Gasteiger partial charge >= 0.3 is 0 Å². The van der Waals surface area contributed by atoms with Crippen molar-refractivity contribution in [2.45, 2.75) is 12.8 Å². The highest BCUT2D eigenvalue weighted by atomic mass is 16.5. The van der Waals surface area contributed by atoms with E-state index in [1.54, 1.807) is 59.5 Å². The fourth-order valence-corrected chi connectivity index (χ4v) is 3.33. The van der Waals surface area contributed by atoms with E-state index in [1.807, 2.05) is 0 Å². The number of hydrogen-bond acceptors (Lipinski definition) is 7. The van der Waals surface area contributed by atoms with Gasteiger partial charge in [0.2, 0.25) is 5.91 Å². The number of rotatable bonds is 10. The molecule has 2 amide bonds. The summed E-state index contributed by atoms with van der Waals surface area (Å²) in [7, 11) is 1.52. The number of aromatic amines is 1. The van der Waals surface area contributed by atoms with Gasteiger partial charge in [0.1, 0.15) is 11.4 Å². The van der Waals surface area contributed by atoms with Crippen molar-refractivity contribution in [2.75, 3.05) is 12.4 Å². The number of aryl methyl sites for hydroxylation is 1. The van der Waals surface area contributed by atoms with Crippen LogP contribution in [0.25, 0.3) is 17.1 Å². The first-order valence-electron chi connectivity index (χ1n) is 11.0. The predicted molar refractivity (Wildman–Crippen MR) is 133 cm³/mol. The largest absolute Gasteiger partial charge is 0.494 e. The minimum absolute atomic E-state index is 0.250. The van der Waals surface area contributed by atoms with Gasteiger partial charge in [-0.1, -0.05) is 24.4 Å². The lowest BCUT2D eigenvalue weighted by Gasteiger charge is -2.12. The molecule has 1 aromatic carbocycles. The molecule has 11 nitrogen and oxygen atoms in total. The summed E-state index contributed by atoms with van der Waals surface area (Å²) < 4.78 is 7.09. The van der Waals surface area contributed by atoms with Crippen molar-refractivity contribution in [1.29, 1.82) is 0 Å². The predicted octanol–water partition coefficient (Wildman–Crippen LogP) is 3.06. The molecule has 0 saturated heterocycles. The van der Waals surface area contributed by atoms with E-state index in [4.69, 9.17) is 4.74 Å². The maximum absolute atomic E-state index is 12.9. The third-order valence-corrected chi connectivity index (χ3v) is 5.17. The van der Waals surface area contributed by atoms with Crippen LogP contribution in [-0.2, 0) is 11.2 Å². The Bertz CT molecular complexity index is 1410. The molecule has 0 bridgehead atoms. The van der Waals surface area contributed by atoms with Gasteiger partial charge in [-0.3, -0.25) is 14.7 Å². The van der Waals surface area contributed by atoms with Gasteiger partial charge in [0.05, 0.1) is 41.8 Å². The molecule has 0 spiro atoms. The Kier molecular flexibility index (Phi) is 7.30. The van der Waals surface area contributed by atoms with Crippen LogP contribution in [0.4, 0.5) is 5.69 Å². The number of nitrogens with zero attached hydrogens (tertiary/aromatic N) is 5. The summed E-state index contributed by atoms with van der Waals surface area (Å²) in [4.78, 5) is 28.6. The highest BCUT2D eigenvalue weighted by molar-refractivity contribution is 6.04. The summed E-state index contributed by atoms with van der Waals surface area (Å²) >= 11 is 0. The molecule has 3 aromatic heterocycles. The number of anilines is 1. The van der Waals surface area contributed by atoms with Gasteiger partial charge < -0.3 is 15.4 Å². The maximum atomic E-state index is 12.9. The highest BCUT2D eigenvalue weighted by Gasteiger charge is 2.14. The van der Waals surface area contributed by atoms with Crippen molar-refractivity contribution in [3.05, 3.63) is 91.2 Å². The number of H-pyrrole nitrogens is 1. The van der Waals surface area contributed by atoms with Crippen LogP contribution in [0.3, 0.4) is 0 Å². The van der Waals surface area contributed by atoms with Gasteiger partial charge in [0, 0.05) is 18.0 Å². The van der Waals surface area contributed by atoms with E-state index in [-0.39, 0.29) is 17.5 Å². The Morgan fingerprint density at radius 3 is 2.83 bits per heavy atom. The van der Waals surface area contributed by atoms with Gasteiger partial charge in [0.25, 0.3) is 5.91 Å². The molecule has 0 aliphatic heterocycles. The van der Waals surface area contributed by atoms with Crippen LogP contribution < -0.4 is 15.4 Å². The topological polar surface area (TPSA) is 140 Å². The molecular formula is C25H24N8O3. The molecule has 0 unspecified atom stereocenters. The van der Waals surface area contributed by atoms with Crippen LogP contribution in [0.1, 0.15) is 22.6 Å². The summed E-state index contributed by atoms with van der Waals surface area (Å²) in [6.45, 7) is 7.24. The number of aromatic nitrogens is 6. The van der Waals surface area contributed by atoms with Gasteiger partial charge in [-0.25, -0.2) is 9.67 Å². The Hall–Kier alpha value is -5.06. The van der Waals surface area contributed by atoms with Crippen LogP contribution >= 0.6 is 0 Å². The van der Waals surface area contributed by atoms with Crippen LogP contribution in [-0.4, -0.2) is 49.1 Å². The summed E-state index contributed by atoms with van der Waals surface area (Å²) in [6, 6.07) is 12.2. The first-order chi connectivity index (χ1) is 17.5. The summed E-state index contributed by atoms with van der Waals surface area (Å²) in [5.41, 5.74) is 4.04. The zero-order valence-electron chi connectivity index (χ0n) is 19.6. The van der Waals surface area contributed by atoms with Crippen LogP contribution in [0, 0.1) is 0 Å². The van der Waals surface area contributed by atoms with Crippen molar-refractivity contribution < 1.29 is 14.3 Å². The molecule has 0 radical (unpaired) electrons. The van der Waals surface area contributed by atoms with Gasteiger partial charge in [-0.15, -0.1) is 5.10 Å². The quantitative estimate of drug-likeness (QED) is 0.294. The van der Waals surface area contributed by atoms with E-state index in [2.05, 4.69) is 49.3 Å². The zero-order chi connectivity index (χ0) is 25.5. The van der Waals surface area contributed by atoms with E-state index in [9.17, 15) is 9.59 Å². The number of pyridine rings is 1. The van der Waals surface area contributed by atoms with Crippen LogP contribution in [0.15, 0.2) is 79.8 Å². The second-order valence-corrected chi connectivity index (χ2v) is 7.67. The first-order valence-corrected chi connectivity index (χ1v) is 11.0. The minimum atomic E-state index is -0.380. The summed E-state index contributed by atoms with van der Waals surface area (Å²) in [5, 5.41) is 20.5. The van der Waals surface area contributed by atoms with Crippen molar-refractivity contribution in [3.8, 4) is 22.8 Å². The van der Waals surface area contributed by atoms with E-state index in [1.165, 1.54) is 13.2 Å². The number of nitrogens with one attached hydrogen (secondary N) is 3. The molecular weight excluding hydrogens is 460 g/mol. The highest BCUT2D eigenvalue weighted by Crippen LogP contribution is 2.28. The van der Waals surface area contributed by atoms with E-state index < -0.39 is 0 Å². The lowest BCUT2D eigenvalue weighted by Crippen LogP contribution is -2.19. The molecule has 0 aliphatic rings. The second-order valence-electron chi connectivity index (χ2n) is 7.67. The van der Waals surface area contributed by atoms with Crippen LogP contribution in [0.5, 0.6) is 5.75 Å². The molecule has 0 fully saturated rings. The monoisotopic (exact) mass is 484 g/mol. The van der Waals surface area contributed by atoms with E-state index in [0.29, 0.717) is 47.1 Å². The van der Waals surface area contributed by atoms with Crippen LogP contribution in [0.2, 0.25) is 0 Å². The average molecular weight is 485 g/mol. The number of benzene rings is 1. The standard InChI is InChI=1S/C25H24N8O3/c1-4-24(34)27-16(2)8-9-17-15-33(32-30-17)18-10-11-21(23(14-18)36-3)29-25(35)22-7-5-6-19(28-22)20-12-13-26-31-20/h4-7,10-15H,1-2,8-9H2,3H3,(H,26,31)(H,27,34)(H,29,35). The third kappa shape index (κ3) is 5.70. The number of carbonyl (C=O) groups excluding carboxylic acids is 2. The molecule has 4 aromatic rings. The molecule has 0 saturated carbocycles. The Balaban J connectivity index is 1.44. The van der Waals surface area contributed by atoms with Crippen molar-refractivity contribution in [1.82, 2.24) is 35.5 Å².